The van der Waals surface area contributed by atoms with Gasteiger partial charge < -0.3 is 4.18 Å². The lowest BCUT2D eigenvalue weighted by molar-refractivity contribution is 0.404. The fourth-order valence-corrected chi connectivity index (χ4v) is 1.97. The van der Waals surface area contributed by atoms with Crippen molar-refractivity contribution in [2.75, 3.05) is 0 Å². The molecule has 0 N–H and O–H groups in total. The minimum absolute atomic E-state index is 0.268. The second kappa shape index (κ2) is 6.83. The molecule has 1 aromatic rings. The van der Waals surface area contributed by atoms with E-state index in [4.69, 9.17) is 16.0 Å². The minimum Gasteiger partial charge on any atom is -0.360 e. The molecule has 0 fully saturated rings. The molecule has 17 heavy (non-hydrogen) atoms. The fourth-order valence-electron chi connectivity index (χ4n) is 1.48. The molecule has 0 amide bonds. The van der Waals surface area contributed by atoms with Crippen LogP contribution >= 0.6 is 11.9 Å². The summed E-state index contributed by atoms with van der Waals surface area (Å²) >= 11 is 4.81. The topological polar surface area (TPSA) is 52.6 Å². The first-order valence-corrected chi connectivity index (χ1v) is 7.06. The SMILES string of the molecule is CCCCCc1ccccc1OS(=O)(=O)OCl. The predicted octanol–water partition coefficient (Wildman–Crippen LogP) is 3.21. The molecule has 0 unspecified atom stereocenters. The van der Waals surface area contributed by atoms with E-state index in [1.807, 2.05) is 12.1 Å². The van der Waals surface area contributed by atoms with Crippen LogP contribution in [-0.2, 0) is 20.6 Å². The van der Waals surface area contributed by atoms with Gasteiger partial charge in [0.1, 0.15) is 5.75 Å². The molecule has 0 bridgehead atoms. The van der Waals surface area contributed by atoms with Crippen molar-refractivity contribution < 1.29 is 16.3 Å². The highest BCUT2D eigenvalue weighted by Crippen LogP contribution is 2.22. The van der Waals surface area contributed by atoms with Gasteiger partial charge in [0.05, 0.1) is 11.9 Å². The van der Waals surface area contributed by atoms with Gasteiger partial charge in [-0.1, -0.05) is 38.0 Å². The van der Waals surface area contributed by atoms with Crippen LogP contribution in [-0.4, -0.2) is 8.42 Å². The van der Waals surface area contributed by atoms with E-state index in [9.17, 15) is 8.42 Å². The summed E-state index contributed by atoms with van der Waals surface area (Å²) in [5.74, 6) is 0.268. The highest BCUT2D eigenvalue weighted by atomic mass is 35.5. The standard InChI is InChI=1S/C11H15ClO4S/c1-2-3-4-7-10-8-5-6-9-11(10)15-17(13,14)16-12/h5-6,8-9H,2-4,7H2,1H3. The Kier molecular flexibility index (Phi) is 5.74. The Balaban J connectivity index is 2.77. The molecule has 1 aromatic carbocycles. The zero-order valence-electron chi connectivity index (χ0n) is 9.56. The average Bonchev–Trinajstić information content (AvgIpc) is 2.31. The maximum atomic E-state index is 11.1. The summed E-state index contributed by atoms with van der Waals surface area (Å²) in [4.78, 5) is 0. The maximum absolute atomic E-state index is 11.1. The third-order valence-electron chi connectivity index (χ3n) is 2.29. The van der Waals surface area contributed by atoms with Gasteiger partial charge in [-0.25, -0.2) is 0 Å². The van der Waals surface area contributed by atoms with E-state index in [1.54, 1.807) is 12.1 Å². The molecule has 6 heteroatoms. The van der Waals surface area contributed by atoms with E-state index in [-0.39, 0.29) is 5.75 Å². The molecular weight excluding hydrogens is 264 g/mol. The lowest BCUT2D eigenvalue weighted by Gasteiger charge is -2.08. The molecule has 0 aromatic heterocycles. The highest BCUT2D eigenvalue weighted by molar-refractivity contribution is 7.82. The van der Waals surface area contributed by atoms with Crippen molar-refractivity contribution >= 4 is 22.3 Å². The van der Waals surface area contributed by atoms with E-state index < -0.39 is 10.4 Å². The molecule has 0 aliphatic carbocycles. The molecule has 4 nitrogen and oxygen atoms in total. The smallest absolute Gasteiger partial charge is 0.360 e. The Hall–Kier alpha value is -0.780. The van der Waals surface area contributed by atoms with E-state index >= 15 is 0 Å². The summed E-state index contributed by atoms with van der Waals surface area (Å²) in [6.45, 7) is 2.11. The monoisotopic (exact) mass is 278 g/mol. The first kappa shape index (κ1) is 14.3. The maximum Gasteiger partial charge on any atom is 0.465 e. The largest absolute Gasteiger partial charge is 0.465 e. The van der Waals surface area contributed by atoms with Gasteiger partial charge in [-0.15, -0.1) is 3.74 Å². The van der Waals surface area contributed by atoms with Gasteiger partial charge in [0.25, 0.3) is 0 Å². The minimum atomic E-state index is -4.16. The van der Waals surface area contributed by atoms with E-state index in [2.05, 4.69) is 10.7 Å². The van der Waals surface area contributed by atoms with Gasteiger partial charge in [-0.3, -0.25) is 0 Å². The first-order valence-electron chi connectivity index (χ1n) is 5.41. The number of aryl methyl sites for hydroxylation is 1. The molecule has 0 aliphatic heterocycles. The van der Waals surface area contributed by atoms with Gasteiger partial charge in [0.15, 0.2) is 0 Å². The molecule has 0 saturated carbocycles. The second-order valence-corrected chi connectivity index (χ2v) is 5.11. The number of halogens is 1. The first-order chi connectivity index (χ1) is 8.09. The number of hydrogen-bond acceptors (Lipinski definition) is 4. The van der Waals surface area contributed by atoms with Crippen molar-refractivity contribution in [1.29, 1.82) is 0 Å². The van der Waals surface area contributed by atoms with Crippen molar-refractivity contribution in [1.82, 2.24) is 0 Å². The van der Waals surface area contributed by atoms with E-state index in [0.717, 1.165) is 31.2 Å². The van der Waals surface area contributed by atoms with Gasteiger partial charge in [-0.2, -0.15) is 8.42 Å². The lowest BCUT2D eigenvalue weighted by Crippen LogP contribution is -2.09. The number of unbranched alkanes of at least 4 members (excludes halogenated alkanes) is 2. The summed E-state index contributed by atoms with van der Waals surface area (Å²) in [6, 6.07) is 6.94. The Morgan fingerprint density at radius 3 is 2.59 bits per heavy atom. The third-order valence-corrected chi connectivity index (χ3v) is 3.29. The van der Waals surface area contributed by atoms with Gasteiger partial charge in [-0.05, 0) is 24.5 Å². The Morgan fingerprint density at radius 1 is 1.24 bits per heavy atom. The second-order valence-electron chi connectivity index (χ2n) is 3.62. The van der Waals surface area contributed by atoms with Crippen LogP contribution in [0.2, 0.25) is 0 Å². The summed E-state index contributed by atoms with van der Waals surface area (Å²) in [5, 5.41) is 0. The highest BCUT2D eigenvalue weighted by Gasteiger charge is 2.15. The number of para-hydroxylation sites is 1. The third kappa shape index (κ3) is 4.93. The van der Waals surface area contributed by atoms with Crippen LogP contribution in [0.15, 0.2) is 24.3 Å². The predicted molar refractivity (Wildman–Crippen MR) is 66.2 cm³/mol. The fraction of sp³-hybridized carbons (Fsp3) is 0.455. The molecule has 0 saturated heterocycles. The van der Waals surface area contributed by atoms with Crippen LogP contribution in [0.3, 0.4) is 0 Å². The Morgan fingerprint density at radius 2 is 1.94 bits per heavy atom. The van der Waals surface area contributed by atoms with Crippen molar-refractivity contribution in [3.05, 3.63) is 29.8 Å². The summed E-state index contributed by atoms with van der Waals surface area (Å²) in [5.41, 5.74) is 0.832. The molecule has 0 spiro atoms. The Bertz CT molecular complexity index is 445. The van der Waals surface area contributed by atoms with E-state index in [0.29, 0.717) is 0 Å². The zero-order chi connectivity index (χ0) is 12.7. The zero-order valence-corrected chi connectivity index (χ0v) is 11.1. The molecule has 1 rings (SSSR count). The van der Waals surface area contributed by atoms with Crippen molar-refractivity contribution in [2.24, 2.45) is 0 Å². The summed E-state index contributed by atoms with van der Waals surface area (Å²) in [7, 11) is -4.16. The van der Waals surface area contributed by atoms with Crippen LogP contribution in [0, 0.1) is 0 Å². The van der Waals surface area contributed by atoms with Gasteiger partial charge in [0, 0.05) is 0 Å². The lowest BCUT2D eigenvalue weighted by atomic mass is 10.1. The number of rotatable bonds is 7. The average molecular weight is 279 g/mol. The quantitative estimate of drug-likeness (QED) is 0.719. The molecule has 0 radical (unpaired) electrons. The summed E-state index contributed by atoms with van der Waals surface area (Å²) in [6.07, 6.45) is 3.94. The normalized spacial score (nSPS) is 11.4. The van der Waals surface area contributed by atoms with Crippen LogP contribution < -0.4 is 4.18 Å². The number of hydrogen-bond donors (Lipinski definition) is 0. The molecule has 0 heterocycles. The van der Waals surface area contributed by atoms with Crippen LogP contribution in [0.5, 0.6) is 5.75 Å². The number of benzene rings is 1. The van der Waals surface area contributed by atoms with Gasteiger partial charge in [0.2, 0.25) is 0 Å². The van der Waals surface area contributed by atoms with Crippen molar-refractivity contribution in [2.45, 2.75) is 32.6 Å². The van der Waals surface area contributed by atoms with Crippen molar-refractivity contribution in [3.8, 4) is 5.75 Å². The molecular formula is C11H15ClO4S. The van der Waals surface area contributed by atoms with Gasteiger partial charge >= 0.3 is 10.4 Å². The van der Waals surface area contributed by atoms with Crippen LogP contribution in [0.4, 0.5) is 0 Å². The molecule has 96 valence electrons. The van der Waals surface area contributed by atoms with Crippen molar-refractivity contribution in [3.63, 3.8) is 0 Å². The van der Waals surface area contributed by atoms with Crippen LogP contribution in [0.25, 0.3) is 0 Å². The van der Waals surface area contributed by atoms with E-state index in [1.165, 1.54) is 0 Å². The Labute approximate surface area is 107 Å². The van der Waals surface area contributed by atoms with Crippen LogP contribution in [0.1, 0.15) is 31.7 Å². The molecule has 0 aliphatic rings. The summed E-state index contributed by atoms with van der Waals surface area (Å²) < 4.78 is 30.6. The molecule has 0 atom stereocenters.